The van der Waals surface area contributed by atoms with Crippen LogP contribution >= 0.6 is 0 Å². The second-order valence-corrected chi connectivity index (χ2v) is 4.31. The Labute approximate surface area is 74.7 Å². The van der Waals surface area contributed by atoms with Gasteiger partial charge in [0, 0.05) is 13.7 Å². The maximum Gasteiger partial charge on any atom is 0.0587 e. The second-order valence-electron chi connectivity index (χ2n) is 4.31. The maximum atomic E-state index is 4.97. The first-order chi connectivity index (χ1) is 5.87. The minimum Gasteiger partial charge on any atom is -0.383 e. The minimum atomic E-state index is 0.833. The zero-order valence-electron chi connectivity index (χ0n) is 7.94. The van der Waals surface area contributed by atoms with Crippen LogP contribution in [0.25, 0.3) is 0 Å². The molecule has 0 bridgehead atoms. The van der Waals surface area contributed by atoms with Crippen LogP contribution in [0.3, 0.4) is 0 Å². The Kier molecular flexibility index (Phi) is 2.37. The molecule has 0 aromatic heterocycles. The van der Waals surface area contributed by atoms with Gasteiger partial charge >= 0.3 is 0 Å². The molecule has 0 heterocycles. The number of hydrogen-bond donors (Lipinski definition) is 1. The van der Waals surface area contributed by atoms with Crippen LogP contribution in [0.2, 0.25) is 0 Å². The highest BCUT2D eigenvalue weighted by molar-refractivity contribution is 5.07. The minimum absolute atomic E-state index is 0.833. The lowest BCUT2D eigenvalue weighted by molar-refractivity contribution is 0.196. The summed E-state index contributed by atoms with van der Waals surface area (Å²) in [5.41, 5.74) is 0.833. The monoisotopic (exact) mass is 169 g/mol. The van der Waals surface area contributed by atoms with E-state index in [1.54, 1.807) is 7.11 Å². The maximum absolute atomic E-state index is 4.97. The van der Waals surface area contributed by atoms with E-state index in [9.17, 15) is 0 Å². The fourth-order valence-corrected chi connectivity index (χ4v) is 2.41. The lowest BCUT2D eigenvalue weighted by Gasteiger charge is -2.26. The number of hydrogen-bond acceptors (Lipinski definition) is 2. The molecule has 1 N–H and O–H groups in total. The Morgan fingerprint density at radius 2 is 2.33 bits per heavy atom. The van der Waals surface area contributed by atoms with Crippen molar-refractivity contribution in [2.75, 3.05) is 26.8 Å². The molecule has 1 spiro atoms. The van der Waals surface area contributed by atoms with Gasteiger partial charge in [-0.25, -0.2) is 0 Å². The zero-order chi connectivity index (χ0) is 8.44. The van der Waals surface area contributed by atoms with Crippen molar-refractivity contribution in [1.29, 1.82) is 0 Å². The number of rotatable bonds is 5. The predicted molar refractivity (Wildman–Crippen MR) is 49.1 cm³/mol. The highest BCUT2D eigenvalue weighted by atomic mass is 16.5. The molecular weight excluding hydrogens is 150 g/mol. The summed E-state index contributed by atoms with van der Waals surface area (Å²) in [5.74, 6) is 1.00. The first kappa shape index (κ1) is 8.52. The molecule has 2 fully saturated rings. The van der Waals surface area contributed by atoms with E-state index in [4.69, 9.17) is 4.74 Å². The van der Waals surface area contributed by atoms with Gasteiger partial charge in [-0.1, -0.05) is 6.42 Å². The molecule has 0 radical (unpaired) electrons. The van der Waals surface area contributed by atoms with Crippen molar-refractivity contribution in [3.8, 4) is 0 Å². The summed E-state index contributed by atoms with van der Waals surface area (Å²) in [4.78, 5) is 0. The van der Waals surface area contributed by atoms with Gasteiger partial charge in [0.2, 0.25) is 0 Å². The first-order valence-corrected chi connectivity index (χ1v) is 5.07. The van der Waals surface area contributed by atoms with Gasteiger partial charge in [0.1, 0.15) is 0 Å². The summed E-state index contributed by atoms with van der Waals surface area (Å²) < 4.78 is 4.97. The van der Waals surface area contributed by atoms with Crippen LogP contribution in [0, 0.1) is 11.3 Å². The Balaban J connectivity index is 1.52. The van der Waals surface area contributed by atoms with E-state index >= 15 is 0 Å². The molecule has 2 rings (SSSR count). The number of nitrogens with one attached hydrogen (secondary N) is 1. The van der Waals surface area contributed by atoms with Crippen LogP contribution < -0.4 is 5.32 Å². The molecule has 2 heteroatoms. The van der Waals surface area contributed by atoms with Gasteiger partial charge in [-0.05, 0) is 37.1 Å². The topological polar surface area (TPSA) is 21.3 Å². The third kappa shape index (κ3) is 1.50. The standard InChI is InChI=1S/C10H19NO/c1-12-6-5-11-8-9-7-10(9)3-2-4-10/h9,11H,2-8H2,1H3. The summed E-state index contributed by atoms with van der Waals surface area (Å²) in [5, 5.41) is 3.45. The molecule has 1 unspecified atom stereocenters. The van der Waals surface area contributed by atoms with Crippen LogP contribution in [0.15, 0.2) is 0 Å². The summed E-state index contributed by atoms with van der Waals surface area (Å²) in [6.45, 7) is 3.09. The molecule has 2 aliphatic rings. The SMILES string of the molecule is COCCNCC1CC12CCC2. The van der Waals surface area contributed by atoms with Crippen LogP contribution in [0.5, 0.6) is 0 Å². The fourth-order valence-electron chi connectivity index (χ4n) is 2.41. The Hall–Kier alpha value is -0.0800. The van der Waals surface area contributed by atoms with Gasteiger partial charge in [0.05, 0.1) is 6.61 Å². The van der Waals surface area contributed by atoms with Gasteiger partial charge < -0.3 is 10.1 Å². The van der Waals surface area contributed by atoms with E-state index in [0.29, 0.717) is 0 Å². The summed E-state index contributed by atoms with van der Waals surface area (Å²) >= 11 is 0. The lowest BCUT2D eigenvalue weighted by Crippen LogP contribution is -2.25. The summed E-state index contributed by atoms with van der Waals surface area (Å²) in [6.07, 6.45) is 5.98. The Morgan fingerprint density at radius 3 is 2.83 bits per heavy atom. The predicted octanol–water partition coefficient (Wildman–Crippen LogP) is 1.41. The normalized spacial score (nSPS) is 30.2. The van der Waals surface area contributed by atoms with Crippen molar-refractivity contribution >= 4 is 0 Å². The molecule has 2 nitrogen and oxygen atoms in total. The average Bonchev–Trinajstić information content (AvgIpc) is 2.72. The second kappa shape index (κ2) is 3.35. The van der Waals surface area contributed by atoms with E-state index in [-0.39, 0.29) is 0 Å². The fraction of sp³-hybridized carbons (Fsp3) is 1.00. The first-order valence-electron chi connectivity index (χ1n) is 5.07. The zero-order valence-corrected chi connectivity index (χ0v) is 7.94. The van der Waals surface area contributed by atoms with Gasteiger partial charge in [0.25, 0.3) is 0 Å². The summed E-state index contributed by atoms with van der Waals surface area (Å²) in [7, 11) is 1.76. The molecule has 2 aliphatic carbocycles. The molecule has 12 heavy (non-hydrogen) atoms. The van der Waals surface area contributed by atoms with Crippen LogP contribution in [-0.2, 0) is 4.74 Å². The van der Waals surface area contributed by atoms with Crippen molar-refractivity contribution in [1.82, 2.24) is 5.32 Å². The number of ether oxygens (including phenoxy) is 1. The largest absolute Gasteiger partial charge is 0.383 e. The van der Waals surface area contributed by atoms with Crippen molar-refractivity contribution in [3.05, 3.63) is 0 Å². The highest BCUT2D eigenvalue weighted by Gasteiger charge is 2.56. The van der Waals surface area contributed by atoms with E-state index in [1.165, 1.54) is 32.2 Å². The van der Waals surface area contributed by atoms with E-state index in [0.717, 1.165) is 24.5 Å². The van der Waals surface area contributed by atoms with Gasteiger partial charge in [-0.15, -0.1) is 0 Å². The molecule has 0 aromatic rings. The molecule has 70 valence electrons. The average molecular weight is 169 g/mol. The van der Waals surface area contributed by atoms with Crippen molar-refractivity contribution < 1.29 is 4.74 Å². The molecule has 0 amide bonds. The molecule has 2 saturated carbocycles. The molecule has 0 saturated heterocycles. The molecule has 0 aromatic carbocycles. The van der Waals surface area contributed by atoms with E-state index < -0.39 is 0 Å². The molecular formula is C10H19NO. The summed E-state index contributed by atoms with van der Waals surface area (Å²) in [6, 6.07) is 0. The van der Waals surface area contributed by atoms with Gasteiger partial charge in [-0.3, -0.25) is 0 Å². The molecule has 1 atom stereocenters. The van der Waals surface area contributed by atoms with Gasteiger partial charge in [0.15, 0.2) is 0 Å². The number of methoxy groups -OCH3 is 1. The van der Waals surface area contributed by atoms with Crippen molar-refractivity contribution in [2.24, 2.45) is 11.3 Å². The molecule has 0 aliphatic heterocycles. The Morgan fingerprint density at radius 1 is 1.50 bits per heavy atom. The quantitative estimate of drug-likeness (QED) is 0.628. The van der Waals surface area contributed by atoms with Crippen molar-refractivity contribution in [3.63, 3.8) is 0 Å². The van der Waals surface area contributed by atoms with Crippen LogP contribution in [0.1, 0.15) is 25.7 Å². The highest BCUT2D eigenvalue weighted by Crippen LogP contribution is 2.65. The third-order valence-electron chi connectivity index (χ3n) is 3.58. The van der Waals surface area contributed by atoms with E-state index in [2.05, 4.69) is 5.32 Å². The van der Waals surface area contributed by atoms with E-state index in [1.807, 2.05) is 0 Å². The van der Waals surface area contributed by atoms with Crippen molar-refractivity contribution in [2.45, 2.75) is 25.7 Å². The lowest BCUT2D eigenvalue weighted by atomic mass is 9.80. The Bertz CT molecular complexity index is 154. The van der Waals surface area contributed by atoms with Crippen LogP contribution in [0.4, 0.5) is 0 Å². The third-order valence-corrected chi connectivity index (χ3v) is 3.58. The van der Waals surface area contributed by atoms with Gasteiger partial charge in [-0.2, -0.15) is 0 Å². The van der Waals surface area contributed by atoms with Crippen LogP contribution in [-0.4, -0.2) is 26.8 Å². The smallest absolute Gasteiger partial charge is 0.0587 e.